The van der Waals surface area contributed by atoms with E-state index in [0.717, 1.165) is 40.9 Å². The van der Waals surface area contributed by atoms with E-state index in [9.17, 15) is 4.79 Å². The van der Waals surface area contributed by atoms with Crippen molar-refractivity contribution in [1.82, 2.24) is 9.88 Å². The first-order valence-electron chi connectivity index (χ1n) is 10.7. The van der Waals surface area contributed by atoms with Crippen molar-refractivity contribution in [2.75, 3.05) is 31.2 Å². The highest BCUT2D eigenvalue weighted by Gasteiger charge is 2.36. The van der Waals surface area contributed by atoms with E-state index < -0.39 is 0 Å². The van der Waals surface area contributed by atoms with Gasteiger partial charge in [-0.05, 0) is 30.7 Å². The third-order valence-corrected chi connectivity index (χ3v) is 7.15. The van der Waals surface area contributed by atoms with Crippen molar-refractivity contribution < 1.29 is 9.53 Å². The normalized spacial score (nSPS) is 19.2. The Morgan fingerprint density at radius 1 is 1.09 bits per heavy atom. The molecule has 2 fully saturated rings. The molecule has 0 N–H and O–H groups in total. The van der Waals surface area contributed by atoms with Gasteiger partial charge in [0.1, 0.15) is 10.1 Å². The summed E-state index contributed by atoms with van der Waals surface area (Å²) in [5, 5.41) is 1.05. The third kappa shape index (κ3) is 4.03. The van der Waals surface area contributed by atoms with Gasteiger partial charge >= 0.3 is 0 Å². The maximum atomic E-state index is 13.4. The van der Waals surface area contributed by atoms with Gasteiger partial charge in [0.05, 0.1) is 29.7 Å². The van der Waals surface area contributed by atoms with Crippen molar-refractivity contribution in [2.45, 2.75) is 13.0 Å². The smallest absolute Gasteiger partial charge is 0.266 e. The Kier molecular flexibility index (Phi) is 5.95. The molecule has 0 radical (unpaired) electrons. The maximum absolute atomic E-state index is 13.4. The van der Waals surface area contributed by atoms with Gasteiger partial charge in [-0.3, -0.25) is 9.69 Å². The highest BCUT2D eigenvalue weighted by Crippen LogP contribution is 2.39. The Morgan fingerprint density at radius 2 is 1.81 bits per heavy atom. The molecule has 1 unspecified atom stereocenters. The highest BCUT2D eigenvalue weighted by atomic mass is 32.2. The number of aromatic nitrogens is 1. The van der Waals surface area contributed by atoms with E-state index in [1.54, 1.807) is 4.90 Å². The first kappa shape index (κ1) is 21.1. The second-order valence-electron chi connectivity index (χ2n) is 7.83. The molecule has 7 heteroatoms. The van der Waals surface area contributed by atoms with Crippen LogP contribution in [0.1, 0.15) is 24.1 Å². The lowest BCUT2D eigenvalue weighted by atomic mass is 10.1. The maximum Gasteiger partial charge on any atom is 0.266 e. The van der Waals surface area contributed by atoms with Crippen LogP contribution in [0.2, 0.25) is 0 Å². The van der Waals surface area contributed by atoms with Crippen LogP contribution in [-0.4, -0.2) is 46.4 Å². The van der Waals surface area contributed by atoms with Gasteiger partial charge in [-0.15, -0.1) is 0 Å². The SMILES string of the molecule is CC(c1ccccc1)N1C(=O)/C(=C/c2cc3ccccc3nc2N2CCOCC2)SC1=S. The molecule has 2 saturated heterocycles. The van der Waals surface area contributed by atoms with Crippen LogP contribution in [-0.2, 0) is 9.53 Å². The lowest BCUT2D eigenvalue weighted by molar-refractivity contribution is -0.123. The number of morpholine rings is 1. The number of hydrogen-bond acceptors (Lipinski definition) is 6. The van der Waals surface area contributed by atoms with Crippen LogP contribution in [0.3, 0.4) is 0 Å². The average Bonchev–Trinajstić information content (AvgIpc) is 3.11. The van der Waals surface area contributed by atoms with Crippen molar-refractivity contribution in [3.05, 3.63) is 76.7 Å². The summed E-state index contributed by atoms with van der Waals surface area (Å²) in [7, 11) is 0. The summed E-state index contributed by atoms with van der Waals surface area (Å²) >= 11 is 6.97. The van der Waals surface area contributed by atoms with Crippen molar-refractivity contribution in [3.8, 4) is 0 Å². The van der Waals surface area contributed by atoms with Crippen molar-refractivity contribution in [2.24, 2.45) is 0 Å². The Balaban J connectivity index is 1.53. The average molecular weight is 462 g/mol. The second-order valence-corrected chi connectivity index (χ2v) is 9.51. The quantitative estimate of drug-likeness (QED) is 0.401. The summed E-state index contributed by atoms with van der Waals surface area (Å²) in [5.74, 6) is 0.825. The number of ether oxygens (including phenoxy) is 1. The minimum absolute atomic E-state index is 0.0579. The van der Waals surface area contributed by atoms with Crippen molar-refractivity contribution >= 4 is 57.0 Å². The number of fused-ring (bicyclic) bond motifs is 1. The van der Waals surface area contributed by atoms with E-state index in [-0.39, 0.29) is 11.9 Å². The van der Waals surface area contributed by atoms with Gasteiger partial charge in [-0.25, -0.2) is 4.98 Å². The number of para-hydroxylation sites is 1. The molecular weight excluding hydrogens is 438 g/mol. The first-order valence-corrected chi connectivity index (χ1v) is 11.9. The van der Waals surface area contributed by atoms with Crippen LogP contribution in [0.25, 0.3) is 17.0 Å². The number of benzene rings is 2. The number of nitrogens with zero attached hydrogens (tertiary/aromatic N) is 3. The molecule has 3 aromatic rings. The van der Waals surface area contributed by atoms with E-state index in [2.05, 4.69) is 11.0 Å². The summed E-state index contributed by atoms with van der Waals surface area (Å²) < 4.78 is 6.11. The van der Waals surface area contributed by atoms with Gasteiger partial charge < -0.3 is 9.64 Å². The van der Waals surface area contributed by atoms with Crippen molar-refractivity contribution in [3.63, 3.8) is 0 Å². The zero-order valence-electron chi connectivity index (χ0n) is 17.7. The molecule has 0 saturated carbocycles. The Hall–Kier alpha value is -2.74. The predicted molar refractivity (Wildman–Crippen MR) is 135 cm³/mol. The van der Waals surface area contributed by atoms with E-state index in [4.69, 9.17) is 21.9 Å². The van der Waals surface area contributed by atoms with Crippen LogP contribution in [0.4, 0.5) is 5.82 Å². The summed E-state index contributed by atoms with van der Waals surface area (Å²) in [6.45, 7) is 4.91. The van der Waals surface area contributed by atoms with E-state index in [0.29, 0.717) is 22.4 Å². The first-order chi connectivity index (χ1) is 15.6. The van der Waals surface area contributed by atoms with Gasteiger partial charge in [-0.2, -0.15) is 0 Å². The zero-order chi connectivity index (χ0) is 22.1. The number of carbonyl (C=O) groups excluding carboxylic acids is 1. The number of thioether (sulfide) groups is 1. The topological polar surface area (TPSA) is 45.7 Å². The van der Waals surface area contributed by atoms with Gasteiger partial charge in [0.2, 0.25) is 0 Å². The van der Waals surface area contributed by atoms with Gasteiger partial charge in [0.15, 0.2) is 0 Å². The summed E-state index contributed by atoms with van der Waals surface area (Å²) in [6.07, 6.45) is 1.95. The molecule has 162 valence electrons. The third-order valence-electron chi connectivity index (χ3n) is 5.82. The molecule has 3 heterocycles. The molecule has 2 aliphatic heterocycles. The summed E-state index contributed by atoms with van der Waals surface area (Å²) in [4.78, 5) is 22.9. The summed E-state index contributed by atoms with van der Waals surface area (Å²) in [6, 6.07) is 20.0. The molecule has 1 atom stereocenters. The molecule has 0 aliphatic carbocycles. The molecule has 32 heavy (non-hydrogen) atoms. The van der Waals surface area contributed by atoms with Crippen LogP contribution in [0.5, 0.6) is 0 Å². The molecule has 5 rings (SSSR count). The minimum Gasteiger partial charge on any atom is -0.378 e. The zero-order valence-corrected chi connectivity index (χ0v) is 19.4. The molecule has 2 aliphatic rings. The molecule has 5 nitrogen and oxygen atoms in total. The molecule has 0 spiro atoms. The fourth-order valence-electron chi connectivity index (χ4n) is 4.09. The van der Waals surface area contributed by atoms with Crippen molar-refractivity contribution in [1.29, 1.82) is 0 Å². The van der Waals surface area contributed by atoms with E-state index in [1.165, 1.54) is 11.8 Å². The standard InChI is InChI=1S/C25H23N3O2S2/c1-17(18-7-3-2-4-8-18)28-24(29)22(32-25(28)31)16-20-15-19-9-5-6-10-21(19)26-23(20)27-11-13-30-14-12-27/h2-10,15-17H,11-14H2,1H3/b22-16-. The number of hydrogen-bond donors (Lipinski definition) is 0. The monoisotopic (exact) mass is 461 g/mol. The number of pyridine rings is 1. The minimum atomic E-state index is -0.122. The van der Waals surface area contributed by atoms with Gasteiger partial charge in [0, 0.05) is 24.0 Å². The van der Waals surface area contributed by atoms with Crippen LogP contribution >= 0.6 is 24.0 Å². The number of anilines is 1. The Bertz CT molecular complexity index is 1210. The predicted octanol–water partition coefficient (Wildman–Crippen LogP) is 5.03. The largest absolute Gasteiger partial charge is 0.378 e. The lowest BCUT2D eigenvalue weighted by Crippen LogP contribution is -2.37. The Morgan fingerprint density at radius 3 is 2.59 bits per heavy atom. The van der Waals surface area contributed by atoms with E-state index >= 15 is 0 Å². The molecule has 2 aromatic carbocycles. The summed E-state index contributed by atoms with van der Waals surface area (Å²) in [5.41, 5.74) is 2.93. The molecule has 1 aromatic heterocycles. The fraction of sp³-hybridized carbons (Fsp3) is 0.240. The lowest BCUT2D eigenvalue weighted by Gasteiger charge is -2.29. The van der Waals surface area contributed by atoms with Crippen LogP contribution in [0, 0.1) is 0 Å². The molecule has 1 amide bonds. The number of thiocarbonyl (C=S) groups is 1. The van der Waals surface area contributed by atoms with Gasteiger partial charge in [-0.1, -0.05) is 72.5 Å². The highest BCUT2D eigenvalue weighted by molar-refractivity contribution is 8.26. The van der Waals surface area contributed by atoms with Crippen LogP contribution in [0.15, 0.2) is 65.6 Å². The fourth-order valence-corrected chi connectivity index (χ4v) is 5.50. The number of carbonyl (C=O) groups is 1. The van der Waals surface area contributed by atoms with Crippen LogP contribution < -0.4 is 4.90 Å². The second kappa shape index (κ2) is 9.02. The number of rotatable bonds is 4. The van der Waals surface area contributed by atoms with Gasteiger partial charge in [0.25, 0.3) is 5.91 Å². The number of amides is 1. The molecular formula is C25H23N3O2S2. The molecule has 0 bridgehead atoms. The Labute approximate surface area is 197 Å². The van der Waals surface area contributed by atoms with E-state index in [1.807, 2.05) is 67.6 Å².